The summed E-state index contributed by atoms with van der Waals surface area (Å²) in [5, 5.41) is 9.12. The average molecular weight is 273 g/mol. The molecular formula is C13H27NO3Si. The number of likely N-dealkylation sites (tertiary alicyclic amines) is 1. The Kier molecular flexibility index (Phi) is 4.62. The fourth-order valence-electron chi connectivity index (χ4n) is 2.05. The van der Waals surface area contributed by atoms with Crippen LogP contribution in [0.3, 0.4) is 0 Å². The molecule has 1 rings (SSSR count). The number of β-lactam (4-membered cyclic amide) rings is 1. The Morgan fingerprint density at radius 2 is 2.06 bits per heavy atom. The van der Waals surface area contributed by atoms with Crippen molar-refractivity contribution in [1.29, 1.82) is 0 Å². The van der Waals surface area contributed by atoms with Gasteiger partial charge in [0, 0.05) is 19.1 Å². The van der Waals surface area contributed by atoms with Gasteiger partial charge >= 0.3 is 0 Å². The van der Waals surface area contributed by atoms with Crippen LogP contribution in [-0.4, -0.2) is 43.1 Å². The molecule has 0 aromatic heterocycles. The van der Waals surface area contributed by atoms with Crippen molar-refractivity contribution >= 4 is 14.2 Å². The molecule has 4 nitrogen and oxygen atoms in total. The molecule has 1 fully saturated rings. The van der Waals surface area contributed by atoms with Gasteiger partial charge in [-0.05, 0) is 31.5 Å². The third kappa shape index (κ3) is 3.13. The van der Waals surface area contributed by atoms with Gasteiger partial charge in [-0.1, -0.05) is 20.8 Å². The van der Waals surface area contributed by atoms with E-state index in [0.717, 1.165) is 0 Å². The van der Waals surface area contributed by atoms with Crippen LogP contribution in [0.5, 0.6) is 0 Å². The van der Waals surface area contributed by atoms with Crippen molar-refractivity contribution in [2.75, 3.05) is 6.61 Å². The summed E-state index contributed by atoms with van der Waals surface area (Å²) in [7, 11) is -1.85. The Morgan fingerprint density at radius 3 is 2.44 bits per heavy atom. The highest BCUT2D eigenvalue weighted by atomic mass is 28.4. The number of carbonyl (C=O) groups excluding carboxylic acids is 1. The Morgan fingerprint density at radius 1 is 1.50 bits per heavy atom. The topological polar surface area (TPSA) is 49.8 Å². The molecular weight excluding hydrogens is 246 g/mol. The van der Waals surface area contributed by atoms with Gasteiger partial charge in [0.15, 0.2) is 8.32 Å². The summed E-state index contributed by atoms with van der Waals surface area (Å²) < 4.78 is 6.22. The Hall–Kier alpha value is -0.393. The minimum Gasteiger partial charge on any atom is -0.397 e. The zero-order valence-corrected chi connectivity index (χ0v) is 13.5. The number of aliphatic hydroxyl groups is 1. The first-order valence-corrected chi connectivity index (χ1v) is 9.61. The van der Waals surface area contributed by atoms with Gasteiger partial charge < -0.3 is 14.4 Å². The number of aliphatic hydroxyl groups excluding tert-OH is 1. The maximum Gasteiger partial charge on any atom is 0.226 e. The summed E-state index contributed by atoms with van der Waals surface area (Å²) in [6, 6.07) is 0.155. The van der Waals surface area contributed by atoms with Gasteiger partial charge in [-0.15, -0.1) is 0 Å². The summed E-state index contributed by atoms with van der Waals surface area (Å²) in [5.41, 5.74) is 0. The molecule has 0 aromatic carbocycles. The highest BCUT2D eigenvalue weighted by molar-refractivity contribution is 6.74. The van der Waals surface area contributed by atoms with E-state index < -0.39 is 8.32 Å². The molecule has 1 aliphatic rings. The lowest BCUT2D eigenvalue weighted by Gasteiger charge is -2.48. The first kappa shape index (κ1) is 15.7. The third-order valence-electron chi connectivity index (χ3n) is 4.22. The number of carbonyl (C=O) groups is 1. The Bertz CT molecular complexity index is 312. The molecule has 18 heavy (non-hydrogen) atoms. The third-order valence-corrected chi connectivity index (χ3v) is 8.76. The fourth-order valence-corrected chi connectivity index (χ4v) is 3.37. The Balaban J connectivity index is 2.65. The van der Waals surface area contributed by atoms with E-state index in [1.807, 2.05) is 6.92 Å². The average Bonchev–Trinajstić information content (AvgIpc) is 2.13. The molecule has 0 saturated carbocycles. The van der Waals surface area contributed by atoms with Crippen LogP contribution < -0.4 is 0 Å². The van der Waals surface area contributed by atoms with Crippen molar-refractivity contribution < 1.29 is 14.3 Å². The van der Waals surface area contributed by atoms with E-state index in [9.17, 15) is 4.79 Å². The van der Waals surface area contributed by atoms with Gasteiger partial charge in [-0.2, -0.15) is 0 Å². The van der Waals surface area contributed by atoms with Crippen LogP contribution >= 0.6 is 0 Å². The second-order valence-corrected chi connectivity index (χ2v) is 11.4. The molecule has 0 spiro atoms. The van der Waals surface area contributed by atoms with Crippen LogP contribution in [0, 0.1) is 0 Å². The highest BCUT2D eigenvalue weighted by Gasteiger charge is 2.44. The number of nitrogens with zero attached hydrogens (tertiary/aromatic N) is 1. The summed E-state index contributed by atoms with van der Waals surface area (Å²) in [5.74, 6) is 0.139. The first-order valence-electron chi connectivity index (χ1n) is 6.70. The molecule has 0 aromatic rings. The number of hydrogen-bond donors (Lipinski definition) is 1. The van der Waals surface area contributed by atoms with Crippen LogP contribution in [0.1, 0.15) is 40.5 Å². The van der Waals surface area contributed by atoms with Crippen LogP contribution in [0.15, 0.2) is 0 Å². The molecule has 5 heteroatoms. The second-order valence-electron chi connectivity index (χ2n) is 6.65. The van der Waals surface area contributed by atoms with Gasteiger partial charge in [0.25, 0.3) is 0 Å². The van der Waals surface area contributed by atoms with Crippen molar-refractivity contribution in [2.45, 2.75) is 70.9 Å². The van der Waals surface area contributed by atoms with Gasteiger partial charge in [0.05, 0.1) is 0 Å². The molecule has 1 N–H and O–H groups in total. The lowest BCUT2D eigenvalue weighted by molar-refractivity contribution is -0.160. The van der Waals surface area contributed by atoms with E-state index in [1.54, 1.807) is 4.90 Å². The van der Waals surface area contributed by atoms with Crippen molar-refractivity contribution in [2.24, 2.45) is 0 Å². The van der Waals surface area contributed by atoms with Crippen molar-refractivity contribution in [3.63, 3.8) is 0 Å². The predicted molar refractivity (Wildman–Crippen MR) is 74.7 cm³/mol. The van der Waals surface area contributed by atoms with Crippen LogP contribution in [0.2, 0.25) is 18.1 Å². The molecule has 106 valence electrons. The van der Waals surface area contributed by atoms with E-state index in [2.05, 4.69) is 33.9 Å². The molecule has 0 unspecified atom stereocenters. The van der Waals surface area contributed by atoms with Gasteiger partial charge in [-0.25, -0.2) is 0 Å². The minimum absolute atomic E-state index is 0.126. The first-order chi connectivity index (χ1) is 8.10. The quantitative estimate of drug-likeness (QED) is 0.618. The molecule has 1 saturated heterocycles. The maximum atomic E-state index is 11.7. The zero-order valence-electron chi connectivity index (χ0n) is 12.5. The van der Waals surface area contributed by atoms with Gasteiger partial charge in [0.1, 0.15) is 6.23 Å². The zero-order chi connectivity index (χ0) is 14.1. The lowest BCUT2D eigenvalue weighted by atomic mass is 9.99. The highest BCUT2D eigenvalue weighted by Crippen LogP contribution is 2.38. The van der Waals surface area contributed by atoms with E-state index in [1.165, 1.54) is 0 Å². The van der Waals surface area contributed by atoms with Crippen molar-refractivity contribution in [3.05, 3.63) is 0 Å². The molecule has 1 heterocycles. The minimum atomic E-state index is -1.85. The lowest BCUT2D eigenvalue weighted by Crippen LogP contribution is -2.60. The number of rotatable bonds is 5. The molecule has 2 atom stereocenters. The smallest absolute Gasteiger partial charge is 0.226 e. The van der Waals surface area contributed by atoms with E-state index in [4.69, 9.17) is 9.53 Å². The molecule has 1 aliphatic heterocycles. The van der Waals surface area contributed by atoms with Crippen molar-refractivity contribution in [1.82, 2.24) is 4.90 Å². The van der Waals surface area contributed by atoms with E-state index in [0.29, 0.717) is 12.8 Å². The Labute approximate surface area is 111 Å². The largest absolute Gasteiger partial charge is 0.397 e. The monoisotopic (exact) mass is 273 g/mol. The van der Waals surface area contributed by atoms with Crippen LogP contribution in [-0.2, 0) is 9.22 Å². The predicted octanol–water partition coefficient (Wildman–Crippen LogP) is 2.34. The maximum absolute atomic E-state index is 11.7. The number of amides is 1. The van der Waals surface area contributed by atoms with E-state index >= 15 is 0 Å². The number of hydrogen-bond acceptors (Lipinski definition) is 3. The molecule has 1 amide bonds. The van der Waals surface area contributed by atoms with E-state index in [-0.39, 0.29) is 29.8 Å². The standard InChI is InChI=1S/C13H27NO3Si/c1-10(17-18(5,6)13(2,3)4)14-11(7-8-15)9-12(14)16/h10-11,15H,7-9H2,1-6H3/t10-,11-/m1/s1. The second kappa shape index (κ2) is 5.31. The van der Waals surface area contributed by atoms with Crippen molar-refractivity contribution in [3.8, 4) is 0 Å². The molecule has 0 radical (unpaired) electrons. The summed E-state index contributed by atoms with van der Waals surface area (Å²) >= 11 is 0. The SMILES string of the molecule is C[C@@H](O[Si](C)(C)C(C)(C)C)N1C(=O)C[C@H]1CCO. The van der Waals surface area contributed by atoms with Gasteiger partial charge in [0.2, 0.25) is 5.91 Å². The molecule has 0 bridgehead atoms. The normalized spacial score (nSPS) is 22.9. The summed E-state index contributed by atoms with van der Waals surface area (Å²) in [6.45, 7) is 13.0. The van der Waals surface area contributed by atoms with Gasteiger partial charge in [-0.3, -0.25) is 4.79 Å². The fraction of sp³-hybridized carbons (Fsp3) is 0.923. The molecule has 0 aliphatic carbocycles. The van der Waals surface area contributed by atoms with Crippen LogP contribution in [0.25, 0.3) is 0 Å². The summed E-state index contributed by atoms with van der Waals surface area (Å²) in [4.78, 5) is 13.5. The summed E-state index contributed by atoms with van der Waals surface area (Å²) in [6.07, 6.45) is 1.02. The van der Waals surface area contributed by atoms with Crippen LogP contribution in [0.4, 0.5) is 0 Å².